The largest absolute Gasteiger partial charge is 0.484 e. The number of ether oxygens (including phenoxy) is 1. The lowest BCUT2D eigenvalue weighted by molar-refractivity contribution is 0.0690. The van der Waals surface area contributed by atoms with E-state index < -0.39 is 0 Å². The number of para-hydroxylation sites is 1. The molecule has 18 heavy (non-hydrogen) atoms. The first-order chi connectivity index (χ1) is 8.77. The molecular formula is C16H14O2. The predicted octanol–water partition coefficient (Wildman–Crippen LogP) is 3.64. The molecule has 2 heteroatoms. The highest BCUT2D eigenvalue weighted by Gasteiger charge is 2.34. The molecule has 0 bridgehead atoms. The second kappa shape index (κ2) is 4.30. The third kappa shape index (κ3) is 1.70. The van der Waals surface area contributed by atoms with Crippen LogP contribution < -0.4 is 4.74 Å². The summed E-state index contributed by atoms with van der Waals surface area (Å²) in [5.74, 6) is 0.697. The number of rotatable bonds is 1. The van der Waals surface area contributed by atoms with E-state index in [1.165, 1.54) is 0 Å². The van der Waals surface area contributed by atoms with Gasteiger partial charge in [0.25, 0.3) is 0 Å². The molecule has 2 nitrogen and oxygen atoms in total. The minimum absolute atomic E-state index is 0.151. The van der Waals surface area contributed by atoms with Crippen molar-refractivity contribution in [2.45, 2.75) is 13.0 Å². The maximum absolute atomic E-state index is 12.3. The fourth-order valence-electron chi connectivity index (χ4n) is 2.39. The Morgan fingerprint density at radius 1 is 0.944 bits per heavy atom. The third-order valence-electron chi connectivity index (χ3n) is 3.40. The molecule has 90 valence electrons. The van der Waals surface area contributed by atoms with E-state index in [0.29, 0.717) is 11.3 Å². The van der Waals surface area contributed by atoms with Crippen molar-refractivity contribution in [2.24, 2.45) is 5.92 Å². The van der Waals surface area contributed by atoms with Crippen LogP contribution in [0.4, 0.5) is 0 Å². The van der Waals surface area contributed by atoms with E-state index in [-0.39, 0.29) is 17.8 Å². The minimum Gasteiger partial charge on any atom is -0.484 e. The van der Waals surface area contributed by atoms with Gasteiger partial charge < -0.3 is 4.74 Å². The highest BCUT2D eigenvalue weighted by molar-refractivity contribution is 6.01. The second-order valence-electron chi connectivity index (χ2n) is 4.60. The zero-order chi connectivity index (χ0) is 12.5. The number of carbonyl (C=O) groups is 1. The van der Waals surface area contributed by atoms with Gasteiger partial charge in [0.05, 0.1) is 11.5 Å². The molecule has 0 saturated carbocycles. The van der Waals surface area contributed by atoms with Gasteiger partial charge in [-0.3, -0.25) is 4.79 Å². The van der Waals surface area contributed by atoms with Gasteiger partial charge in [0.1, 0.15) is 11.9 Å². The van der Waals surface area contributed by atoms with Crippen LogP contribution in [0.5, 0.6) is 5.75 Å². The average molecular weight is 238 g/mol. The Morgan fingerprint density at radius 2 is 1.61 bits per heavy atom. The first-order valence-corrected chi connectivity index (χ1v) is 6.12. The quantitative estimate of drug-likeness (QED) is 0.758. The highest BCUT2D eigenvalue weighted by atomic mass is 16.5. The van der Waals surface area contributed by atoms with Crippen LogP contribution in [0.2, 0.25) is 0 Å². The average Bonchev–Trinajstić information content (AvgIpc) is 2.44. The summed E-state index contributed by atoms with van der Waals surface area (Å²) >= 11 is 0. The lowest BCUT2D eigenvalue weighted by Gasteiger charge is -2.30. The summed E-state index contributed by atoms with van der Waals surface area (Å²) in [6, 6.07) is 17.4. The third-order valence-corrected chi connectivity index (χ3v) is 3.40. The number of ketones is 1. The molecule has 2 aromatic rings. The first kappa shape index (κ1) is 11.0. The van der Waals surface area contributed by atoms with Crippen LogP contribution in [0.1, 0.15) is 28.9 Å². The molecular weight excluding hydrogens is 224 g/mol. The number of fused-ring (bicyclic) bond motifs is 1. The van der Waals surface area contributed by atoms with Crippen molar-refractivity contribution >= 4 is 5.78 Å². The predicted molar refractivity (Wildman–Crippen MR) is 69.7 cm³/mol. The van der Waals surface area contributed by atoms with Gasteiger partial charge >= 0.3 is 0 Å². The van der Waals surface area contributed by atoms with Crippen molar-refractivity contribution < 1.29 is 9.53 Å². The standard InChI is InChI=1S/C16H14O2/c1-11-15(17)13-9-5-6-10-14(13)18-16(11)12-7-3-2-4-8-12/h2-11,16H,1H3/t11-,16-/m1/s1. The topological polar surface area (TPSA) is 26.3 Å². The number of Topliss-reactive ketones (excluding diaryl/α,β-unsaturated/α-hetero) is 1. The van der Waals surface area contributed by atoms with Crippen LogP contribution in [0.3, 0.4) is 0 Å². The van der Waals surface area contributed by atoms with Crippen molar-refractivity contribution in [3.05, 3.63) is 65.7 Å². The second-order valence-corrected chi connectivity index (χ2v) is 4.60. The number of carbonyl (C=O) groups excluding carboxylic acids is 1. The van der Waals surface area contributed by atoms with Crippen molar-refractivity contribution in [3.8, 4) is 5.75 Å². The summed E-state index contributed by atoms with van der Waals surface area (Å²) in [5, 5.41) is 0. The van der Waals surface area contributed by atoms with E-state index >= 15 is 0 Å². The summed E-state index contributed by atoms with van der Waals surface area (Å²) in [4.78, 5) is 12.3. The fraction of sp³-hybridized carbons (Fsp3) is 0.188. The van der Waals surface area contributed by atoms with Gasteiger partial charge in [-0.25, -0.2) is 0 Å². The van der Waals surface area contributed by atoms with Crippen LogP contribution in [0, 0.1) is 5.92 Å². The van der Waals surface area contributed by atoms with Crippen LogP contribution >= 0.6 is 0 Å². The van der Waals surface area contributed by atoms with E-state index in [1.54, 1.807) is 0 Å². The number of hydrogen-bond acceptors (Lipinski definition) is 2. The van der Waals surface area contributed by atoms with E-state index in [2.05, 4.69) is 0 Å². The Kier molecular flexibility index (Phi) is 2.63. The van der Waals surface area contributed by atoms with E-state index in [9.17, 15) is 4.79 Å². The van der Waals surface area contributed by atoms with E-state index in [0.717, 1.165) is 5.56 Å². The summed E-state index contributed by atoms with van der Waals surface area (Å²) in [6.45, 7) is 1.93. The molecule has 0 N–H and O–H groups in total. The Hall–Kier alpha value is -2.09. The van der Waals surface area contributed by atoms with Crippen molar-refractivity contribution in [1.29, 1.82) is 0 Å². The summed E-state index contributed by atoms with van der Waals surface area (Å²) in [5.41, 5.74) is 1.74. The Bertz CT molecular complexity index is 575. The molecule has 0 radical (unpaired) electrons. The zero-order valence-electron chi connectivity index (χ0n) is 10.2. The van der Waals surface area contributed by atoms with Crippen LogP contribution in [0.25, 0.3) is 0 Å². The SMILES string of the molecule is C[C@@H]1C(=O)c2ccccc2O[C@H]1c1ccccc1. The summed E-state index contributed by atoms with van der Waals surface area (Å²) in [6.07, 6.45) is -0.186. The Balaban J connectivity index is 2.04. The van der Waals surface area contributed by atoms with Gasteiger partial charge in [-0.05, 0) is 17.7 Å². The van der Waals surface area contributed by atoms with Crippen LogP contribution in [0.15, 0.2) is 54.6 Å². The Morgan fingerprint density at radius 3 is 2.39 bits per heavy atom. The molecule has 0 amide bonds. The molecule has 0 saturated heterocycles. The molecule has 1 aliphatic heterocycles. The van der Waals surface area contributed by atoms with Gasteiger partial charge in [0.15, 0.2) is 5.78 Å². The molecule has 1 aliphatic rings. The van der Waals surface area contributed by atoms with Crippen LogP contribution in [-0.2, 0) is 0 Å². The fourth-order valence-corrected chi connectivity index (χ4v) is 2.39. The maximum Gasteiger partial charge on any atom is 0.173 e. The van der Waals surface area contributed by atoms with Gasteiger partial charge in [0, 0.05) is 0 Å². The number of benzene rings is 2. The van der Waals surface area contributed by atoms with Crippen molar-refractivity contribution in [3.63, 3.8) is 0 Å². The molecule has 0 fully saturated rings. The monoisotopic (exact) mass is 238 g/mol. The minimum atomic E-state index is -0.186. The molecule has 0 spiro atoms. The molecule has 2 atom stereocenters. The van der Waals surface area contributed by atoms with Gasteiger partial charge in [-0.2, -0.15) is 0 Å². The molecule has 0 unspecified atom stereocenters. The van der Waals surface area contributed by atoms with E-state index in [4.69, 9.17) is 4.74 Å². The van der Waals surface area contributed by atoms with Gasteiger partial charge in [-0.15, -0.1) is 0 Å². The molecule has 0 aromatic heterocycles. The zero-order valence-corrected chi connectivity index (χ0v) is 10.2. The summed E-state index contributed by atoms with van der Waals surface area (Å²) < 4.78 is 5.98. The highest BCUT2D eigenvalue weighted by Crippen LogP contribution is 2.38. The lowest BCUT2D eigenvalue weighted by Crippen LogP contribution is -2.29. The van der Waals surface area contributed by atoms with Crippen LogP contribution in [-0.4, -0.2) is 5.78 Å². The van der Waals surface area contributed by atoms with Gasteiger partial charge in [0.2, 0.25) is 0 Å². The van der Waals surface area contributed by atoms with Crippen molar-refractivity contribution in [2.75, 3.05) is 0 Å². The molecule has 2 aromatic carbocycles. The lowest BCUT2D eigenvalue weighted by atomic mass is 9.87. The van der Waals surface area contributed by atoms with Gasteiger partial charge in [-0.1, -0.05) is 49.4 Å². The Labute approximate surface area is 106 Å². The smallest absolute Gasteiger partial charge is 0.173 e. The first-order valence-electron chi connectivity index (χ1n) is 6.12. The van der Waals surface area contributed by atoms with Crippen molar-refractivity contribution in [1.82, 2.24) is 0 Å². The maximum atomic E-state index is 12.3. The molecule has 1 heterocycles. The van der Waals surface area contributed by atoms with E-state index in [1.807, 2.05) is 61.5 Å². The summed E-state index contributed by atoms with van der Waals surface area (Å²) in [7, 11) is 0. The normalized spacial score (nSPS) is 22.2. The number of hydrogen-bond donors (Lipinski definition) is 0. The molecule has 3 rings (SSSR count). The molecule has 0 aliphatic carbocycles.